The van der Waals surface area contributed by atoms with Gasteiger partial charge in [-0.1, -0.05) is 24.3 Å². The number of carboxylic acid groups (broad SMARTS) is 1. The molecule has 2 rings (SSSR count). The van der Waals surface area contributed by atoms with E-state index in [2.05, 4.69) is 10.6 Å². The van der Waals surface area contributed by atoms with Gasteiger partial charge in [-0.3, -0.25) is 10.1 Å². The van der Waals surface area contributed by atoms with Crippen LogP contribution in [0.5, 0.6) is 5.75 Å². The van der Waals surface area contributed by atoms with Gasteiger partial charge in [-0.25, -0.2) is 4.79 Å². The van der Waals surface area contributed by atoms with Gasteiger partial charge in [-0.2, -0.15) is 0 Å². The van der Waals surface area contributed by atoms with Crippen LogP contribution in [0.2, 0.25) is 0 Å². The zero-order chi connectivity index (χ0) is 18.2. The van der Waals surface area contributed by atoms with Gasteiger partial charge in [0, 0.05) is 11.6 Å². The van der Waals surface area contributed by atoms with E-state index in [0.29, 0.717) is 22.6 Å². The van der Waals surface area contributed by atoms with Crippen LogP contribution in [0.15, 0.2) is 54.6 Å². The number of aliphatic carboxylic acids is 1. The number of anilines is 1. The van der Waals surface area contributed by atoms with Crippen molar-refractivity contribution in [3.05, 3.63) is 65.7 Å². The molecule has 25 heavy (non-hydrogen) atoms. The van der Waals surface area contributed by atoms with E-state index in [0.717, 1.165) is 6.08 Å². The molecule has 2 aromatic carbocycles. The van der Waals surface area contributed by atoms with Gasteiger partial charge in [0.2, 0.25) is 0 Å². The second-order valence-electron chi connectivity index (χ2n) is 4.91. The van der Waals surface area contributed by atoms with Crippen molar-refractivity contribution in [2.45, 2.75) is 0 Å². The van der Waals surface area contributed by atoms with E-state index in [1.54, 1.807) is 42.5 Å². The third-order valence-corrected chi connectivity index (χ3v) is 3.36. The number of rotatable bonds is 5. The summed E-state index contributed by atoms with van der Waals surface area (Å²) in [6, 6.07) is 13.7. The molecular formula is C18H16N2O4S. The first kappa shape index (κ1) is 18.2. The van der Waals surface area contributed by atoms with Crippen LogP contribution >= 0.6 is 12.2 Å². The molecule has 0 aliphatic rings. The second kappa shape index (κ2) is 8.60. The number of amides is 1. The van der Waals surface area contributed by atoms with Crippen molar-refractivity contribution in [3.63, 3.8) is 0 Å². The number of carboxylic acids is 1. The lowest BCUT2D eigenvalue weighted by molar-refractivity contribution is -0.131. The third kappa shape index (κ3) is 5.43. The number of methoxy groups -OCH3 is 1. The fourth-order valence-corrected chi connectivity index (χ4v) is 2.22. The molecule has 0 atom stereocenters. The Hall–Kier alpha value is -3.19. The minimum Gasteiger partial charge on any atom is -0.495 e. The van der Waals surface area contributed by atoms with Gasteiger partial charge in [-0.05, 0) is 48.1 Å². The van der Waals surface area contributed by atoms with E-state index in [-0.39, 0.29) is 11.0 Å². The predicted molar refractivity (Wildman–Crippen MR) is 99.8 cm³/mol. The molecule has 0 aromatic heterocycles. The number of carbonyl (C=O) groups is 2. The van der Waals surface area contributed by atoms with Crippen molar-refractivity contribution < 1.29 is 19.4 Å². The topological polar surface area (TPSA) is 87.7 Å². The Morgan fingerprint density at radius 2 is 1.88 bits per heavy atom. The SMILES string of the molecule is COc1ccc(/C=C/C(=O)O)cc1NC(=S)NC(=O)c1ccccc1. The minimum absolute atomic E-state index is 0.103. The molecule has 0 aliphatic carbocycles. The van der Waals surface area contributed by atoms with Crippen molar-refractivity contribution >= 4 is 41.0 Å². The van der Waals surface area contributed by atoms with Crippen LogP contribution in [-0.2, 0) is 4.79 Å². The van der Waals surface area contributed by atoms with Gasteiger partial charge >= 0.3 is 5.97 Å². The van der Waals surface area contributed by atoms with Crippen LogP contribution in [0.4, 0.5) is 5.69 Å². The fourth-order valence-electron chi connectivity index (χ4n) is 2.01. The number of carbonyl (C=O) groups excluding carboxylic acids is 1. The molecule has 0 aliphatic heterocycles. The summed E-state index contributed by atoms with van der Waals surface area (Å²) >= 11 is 5.16. The minimum atomic E-state index is -1.05. The lowest BCUT2D eigenvalue weighted by atomic mass is 10.1. The van der Waals surface area contributed by atoms with E-state index in [1.807, 2.05) is 6.07 Å². The van der Waals surface area contributed by atoms with Crippen LogP contribution < -0.4 is 15.4 Å². The van der Waals surface area contributed by atoms with Crippen molar-refractivity contribution in [3.8, 4) is 5.75 Å². The van der Waals surface area contributed by atoms with Crippen molar-refractivity contribution in [1.82, 2.24) is 5.32 Å². The van der Waals surface area contributed by atoms with E-state index in [1.165, 1.54) is 13.2 Å². The molecule has 2 aromatic rings. The number of hydrogen-bond acceptors (Lipinski definition) is 4. The monoisotopic (exact) mass is 356 g/mol. The summed E-state index contributed by atoms with van der Waals surface area (Å²) in [5.41, 5.74) is 1.63. The van der Waals surface area contributed by atoms with Crippen LogP contribution in [0.1, 0.15) is 15.9 Å². The average molecular weight is 356 g/mol. The molecule has 0 radical (unpaired) electrons. The molecule has 0 saturated carbocycles. The molecule has 1 amide bonds. The molecule has 7 heteroatoms. The van der Waals surface area contributed by atoms with Gasteiger partial charge in [-0.15, -0.1) is 0 Å². The molecule has 3 N–H and O–H groups in total. The first-order valence-corrected chi connectivity index (χ1v) is 7.67. The maximum Gasteiger partial charge on any atom is 0.328 e. The first-order valence-electron chi connectivity index (χ1n) is 7.26. The molecule has 0 unspecified atom stereocenters. The highest BCUT2D eigenvalue weighted by molar-refractivity contribution is 7.80. The van der Waals surface area contributed by atoms with Crippen LogP contribution in [0.3, 0.4) is 0 Å². The van der Waals surface area contributed by atoms with Crippen LogP contribution in [-0.4, -0.2) is 29.2 Å². The molecule has 0 fully saturated rings. The summed E-state index contributed by atoms with van der Waals surface area (Å²) in [5, 5.41) is 14.3. The van der Waals surface area contributed by atoms with Gasteiger partial charge < -0.3 is 15.2 Å². The van der Waals surface area contributed by atoms with Gasteiger partial charge in [0.05, 0.1) is 12.8 Å². The lowest BCUT2D eigenvalue weighted by Gasteiger charge is -2.13. The standard InChI is InChI=1S/C18H16N2O4S/c1-24-15-9-7-12(8-10-16(21)22)11-14(15)19-18(25)20-17(23)13-5-3-2-4-6-13/h2-11H,1H3,(H,21,22)(H2,19,20,23,25)/b10-8+. The van der Waals surface area contributed by atoms with E-state index < -0.39 is 5.97 Å². The largest absolute Gasteiger partial charge is 0.495 e. The van der Waals surface area contributed by atoms with Crippen LogP contribution in [0, 0.1) is 0 Å². The quantitative estimate of drug-likeness (QED) is 0.564. The number of hydrogen-bond donors (Lipinski definition) is 3. The van der Waals surface area contributed by atoms with E-state index in [4.69, 9.17) is 22.1 Å². The third-order valence-electron chi connectivity index (χ3n) is 3.15. The zero-order valence-corrected chi connectivity index (χ0v) is 14.2. The molecule has 0 bridgehead atoms. The number of ether oxygens (including phenoxy) is 1. The van der Waals surface area contributed by atoms with Gasteiger partial charge in [0.25, 0.3) is 5.91 Å². The molecule has 0 spiro atoms. The first-order chi connectivity index (χ1) is 12.0. The van der Waals surface area contributed by atoms with E-state index in [9.17, 15) is 9.59 Å². The maximum absolute atomic E-state index is 12.1. The summed E-state index contributed by atoms with van der Waals surface area (Å²) in [4.78, 5) is 22.7. The number of nitrogens with one attached hydrogen (secondary N) is 2. The summed E-state index contributed by atoms with van der Waals surface area (Å²) in [7, 11) is 1.50. The second-order valence-corrected chi connectivity index (χ2v) is 5.31. The Kier molecular flexibility index (Phi) is 6.25. The molecule has 128 valence electrons. The lowest BCUT2D eigenvalue weighted by Crippen LogP contribution is -2.34. The summed E-state index contributed by atoms with van der Waals surface area (Å²) in [6.45, 7) is 0. The highest BCUT2D eigenvalue weighted by atomic mass is 32.1. The predicted octanol–water partition coefficient (Wildman–Crippen LogP) is 2.92. The van der Waals surface area contributed by atoms with Gasteiger partial charge in [0.15, 0.2) is 5.11 Å². The Morgan fingerprint density at radius 3 is 2.52 bits per heavy atom. The zero-order valence-electron chi connectivity index (χ0n) is 13.4. The van der Waals surface area contributed by atoms with Crippen LogP contribution in [0.25, 0.3) is 6.08 Å². The Balaban J connectivity index is 2.12. The molecular weight excluding hydrogens is 340 g/mol. The Bertz CT molecular complexity index is 819. The number of benzene rings is 2. The highest BCUT2D eigenvalue weighted by Crippen LogP contribution is 2.26. The molecule has 0 saturated heterocycles. The highest BCUT2D eigenvalue weighted by Gasteiger charge is 2.10. The Labute approximate surface area is 150 Å². The summed E-state index contributed by atoms with van der Waals surface area (Å²) in [5.74, 6) is -0.876. The maximum atomic E-state index is 12.1. The van der Waals surface area contributed by atoms with Crippen molar-refractivity contribution in [1.29, 1.82) is 0 Å². The normalized spacial score (nSPS) is 10.3. The fraction of sp³-hybridized carbons (Fsp3) is 0.0556. The molecule has 6 nitrogen and oxygen atoms in total. The van der Waals surface area contributed by atoms with E-state index >= 15 is 0 Å². The average Bonchev–Trinajstić information content (AvgIpc) is 2.60. The van der Waals surface area contributed by atoms with Gasteiger partial charge in [0.1, 0.15) is 5.75 Å². The van der Waals surface area contributed by atoms with Crippen molar-refractivity contribution in [2.24, 2.45) is 0 Å². The smallest absolute Gasteiger partial charge is 0.328 e. The number of thiocarbonyl (C=S) groups is 1. The Morgan fingerprint density at radius 1 is 1.16 bits per heavy atom. The van der Waals surface area contributed by atoms with Crippen molar-refractivity contribution in [2.75, 3.05) is 12.4 Å². The molecule has 0 heterocycles. The summed E-state index contributed by atoms with van der Waals surface area (Å²) < 4.78 is 5.24. The summed E-state index contributed by atoms with van der Waals surface area (Å²) in [6.07, 6.45) is 2.47.